The van der Waals surface area contributed by atoms with Crippen LogP contribution in [0, 0.1) is 0 Å². The topological polar surface area (TPSA) is 43.8 Å². The van der Waals surface area contributed by atoms with E-state index in [9.17, 15) is 0 Å². The third-order valence-electron chi connectivity index (χ3n) is 2.82. The Bertz CT molecular complexity index is 596. The lowest BCUT2D eigenvalue weighted by atomic mass is 10.3. The molecule has 0 saturated carbocycles. The molecule has 0 aliphatic rings. The van der Waals surface area contributed by atoms with E-state index < -0.39 is 0 Å². The van der Waals surface area contributed by atoms with Crippen molar-refractivity contribution in [2.45, 2.75) is 24.0 Å². The predicted octanol–water partition coefficient (Wildman–Crippen LogP) is 4.16. The monoisotopic (exact) mass is 315 g/mol. The van der Waals surface area contributed by atoms with Gasteiger partial charge in [-0.2, -0.15) is 5.10 Å². The number of rotatable bonds is 4. The summed E-state index contributed by atoms with van der Waals surface area (Å²) >= 11 is 14.1. The first-order chi connectivity index (χ1) is 9.02. The molecule has 0 radical (unpaired) electrons. The van der Waals surface area contributed by atoms with Crippen molar-refractivity contribution in [3.63, 3.8) is 0 Å². The first-order valence-electron chi connectivity index (χ1n) is 5.91. The van der Waals surface area contributed by atoms with Gasteiger partial charge in [0.15, 0.2) is 0 Å². The molecule has 3 nitrogen and oxygen atoms in total. The SMILES string of the molecule is CCc1nn(C)c(CSc2ccc(N)cc2Cl)c1Cl. The van der Waals surface area contributed by atoms with Gasteiger partial charge >= 0.3 is 0 Å². The number of benzene rings is 1. The molecule has 2 N–H and O–H groups in total. The number of aromatic nitrogens is 2. The highest BCUT2D eigenvalue weighted by Crippen LogP contribution is 2.33. The van der Waals surface area contributed by atoms with E-state index in [0.29, 0.717) is 10.7 Å². The molecule has 0 aliphatic heterocycles. The molecule has 0 spiro atoms. The smallest absolute Gasteiger partial charge is 0.0858 e. The lowest BCUT2D eigenvalue weighted by Crippen LogP contribution is -1.97. The number of nitrogens with zero attached hydrogens (tertiary/aromatic N) is 2. The Morgan fingerprint density at radius 1 is 1.37 bits per heavy atom. The Balaban J connectivity index is 2.16. The maximum absolute atomic E-state index is 6.31. The summed E-state index contributed by atoms with van der Waals surface area (Å²) in [4.78, 5) is 0.992. The van der Waals surface area contributed by atoms with Gasteiger partial charge in [0, 0.05) is 23.4 Å². The van der Waals surface area contributed by atoms with Crippen LogP contribution in [0.25, 0.3) is 0 Å². The average molecular weight is 316 g/mol. The van der Waals surface area contributed by atoms with Crippen LogP contribution in [0.1, 0.15) is 18.3 Å². The molecular weight excluding hydrogens is 301 g/mol. The first kappa shape index (κ1) is 14.6. The maximum atomic E-state index is 6.31. The summed E-state index contributed by atoms with van der Waals surface area (Å²) in [5, 5.41) is 5.82. The zero-order valence-corrected chi connectivity index (χ0v) is 13.1. The number of thioether (sulfide) groups is 1. The number of hydrogen-bond acceptors (Lipinski definition) is 3. The molecule has 2 rings (SSSR count). The van der Waals surface area contributed by atoms with Crippen molar-refractivity contribution in [2.75, 3.05) is 5.73 Å². The van der Waals surface area contributed by atoms with E-state index in [1.807, 2.05) is 30.8 Å². The largest absolute Gasteiger partial charge is 0.399 e. The minimum Gasteiger partial charge on any atom is -0.399 e. The number of anilines is 1. The van der Waals surface area contributed by atoms with Gasteiger partial charge in [-0.05, 0) is 24.6 Å². The Kier molecular flexibility index (Phi) is 4.66. The van der Waals surface area contributed by atoms with Crippen LogP contribution in [0.3, 0.4) is 0 Å². The minimum absolute atomic E-state index is 0.666. The van der Waals surface area contributed by atoms with E-state index in [1.165, 1.54) is 0 Å². The van der Waals surface area contributed by atoms with Crippen molar-refractivity contribution >= 4 is 40.7 Å². The van der Waals surface area contributed by atoms with E-state index >= 15 is 0 Å². The molecule has 0 saturated heterocycles. The van der Waals surface area contributed by atoms with Crippen LogP contribution < -0.4 is 5.73 Å². The van der Waals surface area contributed by atoms with Gasteiger partial charge in [-0.15, -0.1) is 11.8 Å². The Morgan fingerprint density at radius 3 is 2.68 bits per heavy atom. The fourth-order valence-electron chi connectivity index (χ4n) is 1.76. The van der Waals surface area contributed by atoms with Crippen LogP contribution >= 0.6 is 35.0 Å². The summed E-state index contributed by atoms with van der Waals surface area (Å²) < 4.78 is 1.83. The van der Waals surface area contributed by atoms with Gasteiger partial charge in [0.05, 0.1) is 21.4 Å². The van der Waals surface area contributed by atoms with Crippen molar-refractivity contribution in [2.24, 2.45) is 7.05 Å². The van der Waals surface area contributed by atoms with Gasteiger partial charge < -0.3 is 5.73 Å². The van der Waals surface area contributed by atoms with Crippen LogP contribution in [0.5, 0.6) is 0 Å². The molecule has 1 aromatic heterocycles. The second-order valence-corrected chi connectivity index (χ2v) is 5.97. The van der Waals surface area contributed by atoms with Gasteiger partial charge in [-0.1, -0.05) is 30.1 Å². The molecule has 0 unspecified atom stereocenters. The van der Waals surface area contributed by atoms with E-state index in [-0.39, 0.29) is 0 Å². The highest BCUT2D eigenvalue weighted by molar-refractivity contribution is 7.98. The number of nitrogen functional groups attached to an aromatic ring is 1. The highest BCUT2D eigenvalue weighted by Gasteiger charge is 2.13. The molecule has 0 aliphatic carbocycles. The summed E-state index contributed by atoms with van der Waals surface area (Å²) in [7, 11) is 1.91. The molecule has 0 fully saturated rings. The molecule has 1 heterocycles. The summed E-state index contributed by atoms with van der Waals surface area (Å²) in [6.45, 7) is 2.04. The molecule has 0 atom stereocenters. The zero-order valence-electron chi connectivity index (χ0n) is 10.8. The standard InChI is InChI=1S/C13H15Cl2N3S/c1-3-10-13(15)11(18(2)17-10)7-19-12-5-4-8(16)6-9(12)14/h4-6H,3,7,16H2,1-2H3. The number of aryl methyl sites for hydroxylation is 2. The molecule has 0 bridgehead atoms. The molecule has 102 valence electrons. The Hall–Kier alpha value is -0.840. The van der Waals surface area contributed by atoms with Gasteiger partial charge in [-0.25, -0.2) is 0 Å². The third kappa shape index (κ3) is 3.19. The highest BCUT2D eigenvalue weighted by atomic mass is 35.5. The average Bonchev–Trinajstić information content (AvgIpc) is 2.64. The number of halogens is 2. The fourth-order valence-corrected chi connectivity index (χ4v) is 3.53. The van der Waals surface area contributed by atoms with Crippen LogP contribution in [-0.4, -0.2) is 9.78 Å². The summed E-state index contributed by atoms with van der Waals surface area (Å²) in [5.74, 6) is 0.728. The lowest BCUT2D eigenvalue weighted by molar-refractivity contribution is 0.720. The molecule has 2 aromatic rings. The van der Waals surface area contributed by atoms with E-state index in [2.05, 4.69) is 5.10 Å². The van der Waals surface area contributed by atoms with Crippen molar-refractivity contribution in [3.8, 4) is 0 Å². The van der Waals surface area contributed by atoms with Crippen LogP contribution in [0.2, 0.25) is 10.0 Å². The summed E-state index contributed by atoms with van der Waals surface area (Å²) in [6, 6.07) is 5.52. The van der Waals surface area contributed by atoms with Gasteiger partial charge in [0.1, 0.15) is 0 Å². The fraction of sp³-hybridized carbons (Fsp3) is 0.308. The quantitative estimate of drug-likeness (QED) is 0.680. The molecule has 1 aromatic carbocycles. The molecule has 0 amide bonds. The van der Waals surface area contributed by atoms with Crippen molar-refractivity contribution in [3.05, 3.63) is 39.6 Å². The minimum atomic E-state index is 0.666. The normalized spacial score (nSPS) is 10.9. The van der Waals surface area contributed by atoms with Gasteiger partial charge in [-0.3, -0.25) is 4.68 Å². The number of hydrogen-bond donors (Lipinski definition) is 1. The van der Waals surface area contributed by atoms with E-state index in [0.717, 1.165) is 33.5 Å². The van der Waals surface area contributed by atoms with E-state index in [4.69, 9.17) is 28.9 Å². The van der Waals surface area contributed by atoms with Crippen LogP contribution in [0.4, 0.5) is 5.69 Å². The second-order valence-electron chi connectivity index (χ2n) is 4.16. The Labute approximate surface area is 127 Å². The maximum Gasteiger partial charge on any atom is 0.0858 e. The number of nitrogens with two attached hydrogens (primary N) is 1. The first-order valence-corrected chi connectivity index (χ1v) is 7.65. The summed E-state index contributed by atoms with van der Waals surface area (Å²) in [5.41, 5.74) is 8.29. The Morgan fingerprint density at radius 2 is 2.11 bits per heavy atom. The van der Waals surface area contributed by atoms with E-state index in [1.54, 1.807) is 17.8 Å². The lowest BCUT2D eigenvalue weighted by Gasteiger charge is -2.06. The van der Waals surface area contributed by atoms with Crippen LogP contribution in [-0.2, 0) is 19.2 Å². The third-order valence-corrected chi connectivity index (χ3v) is 4.77. The zero-order chi connectivity index (χ0) is 14.0. The van der Waals surface area contributed by atoms with Gasteiger partial charge in [0.2, 0.25) is 0 Å². The molecule has 19 heavy (non-hydrogen) atoms. The second kappa shape index (κ2) is 6.07. The summed E-state index contributed by atoms with van der Waals surface area (Å²) in [6.07, 6.45) is 0.833. The van der Waals surface area contributed by atoms with Crippen LogP contribution in [0.15, 0.2) is 23.1 Å². The molecule has 6 heteroatoms. The predicted molar refractivity (Wildman–Crippen MR) is 83.0 cm³/mol. The van der Waals surface area contributed by atoms with Crippen molar-refractivity contribution in [1.82, 2.24) is 9.78 Å². The van der Waals surface area contributed by atoms with Crippen molar-refractivity contribution < 1.29 is 0 Å². The van der Waals surface area contributed by atoms with Gasteiger partial charge in [0.25, 0.3) is 0 Å². The molecular formula is C13H15Cl2N3S. The van der Waals surface area contributed by atoms with Crippen molar-refractivity contribution in [1.29, 1.82) is 0 Å².